The van der Waals surface area contributed by atoms with E-state index in [0.717, 1.165) is 0 Å². The standard InChI is InChI=1S/C8H16N/c1-9-7-5-3-2-4-6-8-9/h1-8H2/q+1. The van der Waals surface area contributed by atoms with Gasteiger partial charge in [-0.1, -0.05) is 6.42 Å². The van der Waals surface area contributed by atoms with Crippen LogP contribution in [0.5, 0.6) is 0 Å². The highest BCUT2D eigenvalue weighted by molar-refractivity contribution is 5.14. The Morgan fingerprint density at radius 1 is 0.778 bits per heavy atom. The van der Waals surface area contributed by atoms with Gasteiger partial charge in [0, 0.05) is 12.8 Å². The van der Waals surface area contributed by atoms with Crippen LogP contribution in [0.1, 0.15) is 32.1 Å². The molecule has 0 atom stereocenters. The minimum Gasteiger partial charge on any atom is -0.242 e. The van der Waals surface area contributed by atoms with Crippen LogP contribution in [0.3, 0.4) is 0 Å². The van der Waals surface area contributed by atoms with E-state index in [-0.39, 0.29) is 0 Å². The van der Waals surface area contributed by atoms with Crippen molar-refractivity contribution in [3.8, 4) is 0 Å². The van der Waals surface area contributed by atoms with Crippen LogP contribution in [-0.4, -0.2) is 24.4 Å². The number of hydrogen-bond donors (Lipinski definition) is 0. The summed E-state index contributed by atoms with van der Waals surface area (Å²) in [6.45, 7) is 6.35. The monoisotopic (exact) mass is 126 g/mol. The third-order valence-corrected chi connectivity index (χ3v) is 1.95. The molecular formula is C8H16N+. The summed E-state index contributed by atoms with van der Waals surface area (Å²) in [6.07, 6.45) is 6.96. The average molecular weight is 126 g/mol. The summed E-state index contributed by atoms with van der Waals surface area (Å²) in [5, 5.41) is 0. The molecule has 1 fully saturated rings. The molecule has 0 amide bonds. The molecule has 9 heavy (non-hydrogen) atoms. The quantitative estimate of drug-likeness (QED) is 0.434. The fourth-order valence-electron chi connectivity index (χ4n) is 1.31. The molecule has 1 nitrogen and oxygen atoms in total. The van der Waals surface area contributed by atoms with E-state index in [0.29, 0.717) is 0 Å². The Morgan fingerprint density at radius 3 is 1.78 bits per heavy atom. The largest absolute Gasteiger partial charge is 0.242 e. The van der Waals surface area contributed by atoms with Gasteiger partial charge in [-0.2, -0.15) is 0 Å². The average Bonchev–Trinajstić information content (AvgIpc) is 1.79. The molecule has 0 radical (unpaired) electrons. The molecule has 0 aromatic heterocycles. The van der Waals surface area contributed by atoms with Crippen molar-refractivity contribution in [3.05, 3.63) is 0 Å². The SMILES string of the molecule is C=[N+]1CCCCCCC1. The highest BCUT2D eigenvalue weighted by Crippen LogP contribution is 2.06. The summed E-state index contributed by atoms with van der Waals surface area (Å²) < 4.78 is 2.19. The van der Waals surface area contributed by atoms with Crippen molar-refractivity contribution in [1.82, 2.24) is 0 Å². The summed E-state index contributed by atoms with van der Waals surface area (Å²) in [7, 11) is 0. The Morgan fingerprint density at radius 2 is 1.22 bits per heavy atom. The maximum Gasteiger partial charge on any atom is 0.142 e. The minimum absolute atomic E-state index is 1.21. The van der Waals surface area contributed by atoms with Crippen LogP contribution in [0.15, 0.2) is 0 Å². The van der Waals surface area contributed by atoms with E-state index in [1.54, 1.807) is 0 Å². The second-order valence-electron chi connectivity index (χ2n) is 2.89. The topological polar surface area (TPSA) is 3.01 Å². The number of rotatable bonds is 0. The van der Waals surface area contributed by atoms with Gasteiger partial charge in [0.25, 0.3) is 0 Å². The minimum atomic E-state index is 1.21. The van der Waals surface area contributed by atoms with Crippen molar-refractivity contribution >= 4 is 6.72 Å². The lowest BCUT2D eigenvalue weighted by Gasteiger charge is -2.05. The van der Waals surface area contributed by atoms with Crippen molar-refractivity contribution in [2.45, 2.75) is 32.1 Å². The van der Waals surface area contributed by atoms with Crippen molar-refractivity contribution in [2.75, 3.05) is 13.1 Å². The predicted molar refractivity (Wildman–Crippen MR) is 40.2 cm³/mol. The third-order valence-electron chi connectivity index (χ3n) is 1.95. The Balaban J connectivity index is 2.20. The van der Waals surface area contributed by atoms with E-state index < -0.39 is 0 Å². The lowest BCUT2D eigenvalue weighted by atomic mass is 10.1. The third kappa shape index (κ3) is 2.64. The van der Waals surface area contributed by atoms with Gasteiger partial charge in [0.05, 0.1) is 0 Å². The zero-order chi connectivity index (χ0) is 6.53. The van der Waals surface area contributed by atoms with Crippen LogP contribution in [0.25, 0.3) is 0 Å². The molecule has 0 aromatic carbocycles. The summed E-state index contributed by atoms with van der Waals surface area (Å²) in [4.78, 5) is 0. The molecule has 0 unspecified atom stereocenters. The molecule has 1 heterocycles. The number of nitrogens with zero attached hydrogens (tertiary/aromatic N) is 1. The fourth-order valence-corrected chi connectivity index (χ4v) is 1.31. The van der Waals surface area contributed by atoms with E-state index in [2.05, 4.69) is 11.3 Å². The first kappa shape index (κ1) is 6.79. The molecule has 1 saturated heterocycles. The van der Waals surface area contributed by atoms with Gasteiger partial charge in [0.2, 0.25) is 0 Å². The van der Waals surface area contributed by atoms with Gasteiger partial charge in [-0.05, 0) is 12.8 Å². The van der Waals surface area contributed by atoms with Crippen LogP contribution < -0.4 is 0 Å². The molecule has 0 saturated carbocycles. The van der Waals surface area contributed by atoms with E-state index in [1.165, 1.54) is 45.2 Å². The van der Waals surface area contributed by atoms with Crippen molar-refractivity contribution < 1.29 is 4.58 Å². The molecule has 1 aliphatic heterocycles. The smallest absolute Gasteiger partial charge is 0.142 e. The van der Waals surface area contributed by atoms with E-state index in [4.69, 9.17) is 0 Å². The van der Waals surface area contributed by atoms with Crippen LogP contribution >= 0.6 is 0 Å². The molecule has 1 aliphatic rings. The summed E-state index contributed by atoms with van der Waals surface area (Å²) in [5.41, 5.74) is 0. The van der Waals surface area contributed by atoms with Gasteiger partial charge in [0.15, 0.2) is 0 Å². The van der Waals surface area contributed by atoms with Crippen LogP contribution in [-0.2, 0) is 0 Å². The summed E-state index contributed by atoms with van der Waals surface area (Å²) in [6, 6.07) is 0. The van der Waals surface area contributed by atoms with Gasteiger partial charge < -0.3 is 0 Å². The van der Waals surface area contributed by atoms with Gasteiger partial charge in [-0.3, -0.25) is 0 Å². The predicted octanol–water partition coefficient (Wildman–Crippen LogP) is 1.66. The van der Waals surface area contributed by atoms with E-state index >= 15 is 0 Å². The Hall–Kier alpha value is -0.330. The number of hydrogen-bond acceptors (Lipinski definition) is 0. The molecule has 0 spiro atoms. The van der Waals surface area contributed by atoms with Gasteiger partial charge in [-0.15, -0.1) is 0 Å². The molecule has 1 rings (SSSR count). The van der Waals surface area contributed by atoms with E-state index in [1.807, 2.05) is 0 Å². The van der Waals surface area contributed by atoms with Crippen LogP contribution in [0, 0.1) is 0 Å². The van der Waals surface area contributed by atoms with E-state index in [9.17, 15) is 0 Å². The molecule has 52 valence electrons. The molecule has 0 aliphatic carbocycles. The fraction of sp³-hybridized carbons (Fsp3) is 0.875. The molecule has 0 aromatic rings. The lowest BCUT2D eigenvalue weighted by molar-refractivity contribution is -0.521. The Labute approximate surface area is 57.4 Å². The highest BCUT2D eigenvalue weighted by Gasteiger charge is 2.03. The maximum absolute atomic E-state index is 3.93. The molecule has 0 N–H and O–H groups in total. The van der Waals surface area contributed by atoms with Gasteiger partial charge in [-0.25, -0.2) is 4.58 Å². The van der Waals surface area contributed by atoms with Crippen molar-refractivity contribution in [2.24, 2.45) is 0 Å². The van der Waals surface area contributed by atoms with Crippen molar-refractivity contribution in [3.63, 3.8) is 0 Å². The second-order valence-corrected chi connectivity index (χ2v) is 2.89. The Bertz CT molecular complexity index is 86.7. The second kappa shape index (κ2) is 3.65. The molecular weight excluding hydrogens is 110 g/mol. The van der Waals surface area contributed by atoms with Crippen LogP contribution in [0.2, 0.25) is 0 Å². The zero-order valence-electron chi connectivity index (χ0n) is 6.10. The van der Waals surface area contributed by atoms with Gasteiger partial charge in [0.1, 0.15) is 19.8 Å². The zero-order valence-corrected chi connectivity index (χ0v) is 6.10. The normalized spacial score (nSPS) is 22.9. The first-order valence-electron chi connectivity index (χ1n) is 3.95. The molecule has 0 bridgehead atoms. The highest BCUT2D eigenvalue weighted by atomic mass is 15.0. The van der Waals surface area contributed by atoms with Gasteiger partial charge >= 0.3 is 0 Å². The first-order valence-corrected chi connectivity index (χ1v) is 3.95. The first-order chi connectivity index (χ1) is 4.39. The summed E-state index contributed by atoms with van der Waals surface area (Å²) >= 11 is 0. The maximum atomic E-state index is 3.93. The molecule has 1 heteroatoms. The van der Waals surface area contributed by atoms with Crippen LogP contribution in [0.4, 0.5) is 0 Å². The Kier molecular flexibility index (Phi) is 2.75. The summed E-state index contributed by atoms with van der Waals surface area (Å²) in [5.74, 6) is 0. The lowest BCUT2D eigenvalue weighted by Crippen LogP contribution is -2.14. The van der Waals surface area contributed by atoms with Crippen molar-refractivity contribution in [1.29, 1.82) is 0 Å².